The molecule has 1 aromatic heterocycles. The molecule has 26 heavy (non-hydrogen) atoms. The van der Waals surface area contributed by atoms with Gasteiger partial charge in [0.15, 0.2) is 0 Å². The normalized spacial score (nSPS) is 17.4. The summed E-state index contributed by atoms with van der Waals surface area (Å²) in [6, 6.07) is 3.94. The van der Waals surface area contributed by atoms with Crippen molar-refractivity contribution in [2.45, 2.75) is 46.2 Å². The lowest BCUT2D eigenvalue weighted by molar-refractivity contribution is -0.115. The number of alkyl halides is 1. The van der Waals surface area contributed by atoms with E-state index < -0.39 is 6.17 Å². The lowest BCUT2D eigenvalue weighted by Gasteiger charge is -2.29. The van der Waals surface area contributed by atoms with Gasteiger partial charge >= 0.3 is 0 Å². The second-order valence-electron chi connectivity index (χ2n) is 7.35. The fourth-order valence-electron chi connectivity index (χ4n) is 3.35. The molecule has 1 atom stereocenters. The molecule has 5 nitrogen and oxygen atoms in total. The van der Waals surface area contributed by atoms with E-state index in [9.17, 15) is 9.18 Å². The predicted molar refractivity (Wildman–Crippen MR) is 104 cm³/mol. The zero-order valence-corrected chi connectivity index (χ0v) is 16.0. The van der Waals surface area contributed by atoms with E-state index in [4.69, 9.17) is 4.98 Å². The van der Waals surface area contributed by atoms with Crippen LogP contribution in [-0.2, 0) is 11.8 Å². The zero-order valence-electron chi connectivity index (χ0n) is 16.0. The summed E-state index contributed by atoms with van der Waals surface area (Å²) in [5.74, 6) is 0.746. The first-order valence-electron chi connectivity index (χ1n) is 9.14. The largest absolute Gasteiger partial charge is 0.339 e. The summed E-state index contributed by atoms with van der Waals surface area (Å²) in [6.45, 7) is 7.14. The van der Waals surface area contributed by atoms with Crippen LogP contribution in [-0.4, -0.2) is 34.7 Å². The van der Waals surface area contributed by atoms with Gasteiger partial charge in [-0.1, -0.05) is 11.6 Å². The second-order valence-corrected chi connectivity index (χ2v) is 7.35. The number of anilines is 2. The Bertz CT molecular complexity index is 851. The predicted octanol–water partition coefficient (Wildman–Crippen LogP) is 4.11. The molecule has 0 aliphatic carbocycles. The highest BCUT2D eigenvalue weighted by molar-refractivity contribution is 5.95. The van der Waals surface area contributed by atoms with Gasteiger partial charge in [-0.25, -0.2) is 9.37 Å². The van der Waals surface area contributed by atoms with Gasteiger partial charge in [0.1, 0.15) is 6.17 Å². The number of imidazole rings is 1. The van der Waals surface area contributed by atoms with Crippen molar-refractivity contribution in [3.63, 3.8) is 0 Å². The highest BCUT2D eigenvalue weighted by Gasteiger charge is 2.23. The molecular weight excluding hydrogens is 331 g/mol. The van der Waals surface area contributed by atoms with E-state index in [1.165, 1.54) is 0 Å². The van der Waals surface area contributed by atoms with E-state index in [1.54, 1.807) is 0 Å². The maximum Gasteiger partial charge on any atom is 0.228 e. The number of benzene rings is 1. The number of fused-ring (bicyclic) bond motifs is 1. The van der Waals surface area contributed by atoms with Crippen LogP contribution in [0, 0.1) is 6.92 Å². The molecule has 0 radical (unpaired) electrons. The third-order valence-corrected chi connectivity index (χ3v) is 4.82. The van der Waals surface area contributed by atoms with Crippen LogP contribution in [0.5, 0.6) is 0 Å². The first kappa shape index (κ1) is 18.4. The molecule has 1 amide bonds. The standard InChI is InChI=1S/C20H27FN4O/c1-13(2)7-8-19(26)22-16-11-17-18(10-14(16)3)24(4)20(23-17)25-9-5-6-15(21)12-25/h7,10-11,15H,5-6,8-9,12H2,1-4H3,(H,22,26). The summed E-state index contributed by atoms with van der Waals surface area (Å²) in [6.07, 6.45) is 2.94. The van der Waals surface area contributed by atoms with E-state index in [1.807, 2.05) is 55.5 Å². The smallest absolute Gasteiger partial charge is 0.228 e. The fraction of sp³-hybridized carbons (Fsp3) is 0.500. The summed E-state index contributed by atoms with van der Waals surface area (Å²) in [5, 5.41) is 2.97. The number of amides is 1. The van der Waals surface area contributed by atoms with E-state index in [-0.39, 0.29) is 5.91 Å². The number of aryl methyl sites for hydroxylation is 2. The minimum Gasteiger partial charge on any atom is -0.339 e. The average Bonchev–Trinajstić information content (AvgIpc) is 2.90. The van der Waals surface area contributed by atoms with Gasteiger partial charge in [0.25, 0.3) is 0 Å². The van der Waals surface area contributed by atoms with Gasteiger partial charge < -0.3 is 14.8 Å². The van der Waals surface area contributed by atoms with Gasteiger partial charge in [-0.05, 0) is 51.3 Å². The Kier molecular flexibility index (Phi) is 5.30. The van der Waals surface area contributed by atoms with Gasteiger partial charge in [0.2, 0.25) is 11.9 Å². The molecule has 1 unspecified atom stereocenters. The van der Waals surface area contributed by atoms with Crippen molar-refractivity contribution in [2.24, 2.45) is 7.05 Å². The second kappa shape index (κ2) is 7.48. The Morgan fingerprint density at radius 2 is 2.19 bits per heavy atom. The number of allylic oxidation sites excluding steroid dienone is 1. The van der Waals surface area contributed by atoms with Crippen molar-refractivity contribution < 1.29 is 9.18 Å². The first-order valence-corrected chi connectivity index (χ1v) is 9.14. The number of halogens is 1. The SMILES string of the molecule is CC(C)=CCC(=O)Nc1cc2nc(N3CCCC(F)C3)n(C)c2cc1C. The molecular formula is C20H27FN4O. The Morgan fingerprint density at radius 1 is 1.42 bits per heavy atom. The van der Waals surface area contributed by atoms with Gasteiger partial charge in [-0.2, -0.15) is 0 Å². The molecule has 0 bridgehead atoms. The molecule has 0 spiro atoms. The molecule has 0 saturated carbocycles. The number of piperidine rings is 1. The van der Waals surface area contributed by atoms with Gasteiger partial charge in [0, 0.05) is 25.7 Å². The van der Waals surface area contributed by atoms with Crippen molar-refractivity contribution in [1.29, 1.82) is 0 Å². The molecule has 1 aliphatic heterocycles. The molecule has 1 N–H and O–H groups in total. The van der Waals surface area contributed by atoms with Crippen molar-refractivity contribution in [2.75, 3.05) is 23.3 Å². The van der Waals surface area contributed by atoms with Crippen LogP contribution in [0.2, 0.25) is 0 Å². The number of nitrogens with zero attached hydrogens (tertiary/aromatic N) is 3. The average molecular weight is 358 g/mol. The van der Waals surface area contributed by atoms with Crippen LogP contribution >= 0.6 is 0 Å². The third kappa shape index (κ3) is 3.89. The minimum absolute atomic E-state index is 0.0406. The Balaban J connectivity index is 1.88. The highest BCUT2D eigenvalue weighted by Crippen LogP contribution is 2.29. The van der Waals surface area contributed by atoms with E-state index in [2.05, 4.69) is 5.32 Å². The molecule has 1 fully saturated rings. The number of carbonyl (C=O) groups is 1. The summed E-state index contributed by atoms with van der Waals surface area (Å²) in [5.41, 5.74) is 4.68. The number of rotatable bonds is 4. The van der Waals surface area contributed by atoms with Crippen LogP contribution < -0.4 is 10.2 Å². The van der Waals surface area contributed by atoms with Crippen LogP contribution in [0.4, 0.5) is 16.0 Å². The van der Waals surface area contributed by atoms with Crippen molar-refractivity contribution in [1.82, 2.24) is 9.55 Å². The summed E-state index contributed by atoms with van der Waals surface area (Å²) >= 11 is 0. The van der Waals surface area contributed by atoms with E-state index in [0.29, 0.717) is 19.4 Å². The van der Waals surface area contributed by atoms with E-state index in [0.717, 1.165) is 46.8 Å². The van der Waals surface area contributed by atoms with Crippen molar-refractivity contribution >= 4 is 28.6 Å². The lowest BCUT2D eigenvalue weighted by atomic mass is 10.1. The van der Waals surface area contributed by atoms with Gasteiger partial charge in [0.05, 0.1) is 17.6 Å². The molecule has 2 aromatic rings. The van der Waals surface area contributed by atoms with E-state index >= 15 is 0 Å². The Morgan fingerprint density at radius 3 is 2.88 bits per heavy atom. The molecule has 6 heteroatoms. The molecule has 1 aliphatic rings. The maximum atomic E-state index is 13.8. The molecule has 140 valence electrons. The fourth-order valence-corrected chi connectivity index (χ4v) is 3.35. The summed E-state index contributed by atoms with van der Waals surface area (Å²) in [4.78, 5) is 18.9. The first-order chi connectivity index (χ1) is 12.3. The number of nitrogens with one attached hydrogen (secondary N) is 1. The zero-order chi connectivity index (χ0) is 18.8. The van der Waals surface area contributed by atoms with Crippen molar-refractivity contribution in [3.8, 4) is 0 Å². The van der Waals surface area contributed by atoms with Crippen molar-refractivity contribution in [3.05, 3.63) is 29.3 Å². The molecule has 1 aromatic carbocycles. The Labute approximate surface area is 153 Å². The monoisotopic (exact) mass is 358 g/mol. The number of hydrogen-bond donors (Lipinski definition) is 1. The van der Waals surface area contributed by atoms with Crippen LogP contribution in [0.15, 0.2) is 23.8 Å². The molecule has 2 heterocycles. The topological polar surface area (TPSA) is 50.2 Å². The number of carbonyl (C=O) groups excluding carboxylic acids is 1. The molecule has 3 rings (SSSR count). The van der Waals surface area contributed by atoms with Gasteiger partial charge in [-0.15, -0.1) is 0 Å². The van der Waals surface area contributed by atoms with Crippen LogP contribution in [0.3, 0.4) is 0 Å². The molecule has 1 saturated heterocycles. The lowest BCUT2D eigenvalue weighted by Crippen LogP contribution is -2.37. The van der Waals surface area contributed by atoms with Crippen LogP contribution in [0.1, 0.15) is 38.7 Å². The Hall–Kier alpha value is -2.37. The maximum absolute atomic E-state index is 13.8. The minimum atomic E-state index is -0.796. The van der Waals surface area contributed by atoms with Crippen LogP contribution in [0.25, 0.3) is 11.0 Å². The summed E-state index contributed by atoms with van der Waals surface area (Å²) in [7, 11) is 1.96. The quantitative estimate of drug-likeness (QED) is 0.837. The number of hydrogen-bond acceptors (Lipinski definition) is 3. The van der Waals surface area contributed by atoms with Gasteiger partial charge in [-0.3, -0.25) is 4.79 Å². The third-order valence-electron chi connectivity index (χ3n) is 4.82. The highest BCUT2D eigenvalue weighted by atomic mass is 19.1. The summed E-state index contributed by atoms with van der Waals surface area (Å²) < 4.78 is 15.8. The number of aromatic nitrogens is 2.